The first kappa shape index (κ1) is 14.5. The van der Waals surface area contributed by atoms with E-state index in [9.17, 15) is 19.1 Å². The van der Waals surface area contributed by atoms with Gasteiger partial charge in [0.25, 0.3) is 0 Å². The summed E-state index contributed by atoms with van der Waals surface area (Å²) >= 11 is 0. The number of alkyl halides is 1. The van der Waals surface area contributed by atoms with Gasteiger partial charge in [0.15, 0.2) is 24.5 Å². The van der Waals surface area contributed by atoms with Gasteiger partial charge in [0, 0.05) is 6.20 Å². The Labute approximate surface area is 111 Å². The minimum absolute atomic E-state index is 0.204. The molecule has 0 amide bonds. The number of hydrogen-bond acceptors (Lipinski definition) is 8. The van der Waals surface area contributed by atoms with E-state index in [4.69, 9.17) is 15.1 Å². The zero-order valence-corrected chi connectivity index (χ0v) is 10.0. The largest absolute Gasteiger partial charge is 0.394 e. The molecule has 1 aromatic rings. The van der Waals surface area contributed by atoms with Crippen molar-refractivity contribution in [2.75, 3.05) is 12.1 Å². The van der Waals surface area contributed by atoms with Gasteiger partial charge in [-0.3, -0.25) is 20.0 Å². The molecular formula is C10H12FN3O6. The maximum Gasteiger partial charge on any atom is 0.351 e. The molecule has 20 heavy (non-hydrogen) atoms. The average molecular weight is 289 g/mol. The lowest BCUT2D eigenvalue weighted by atomic mass is 10.1. The number of rotatable bonds is 4. The molecule has 0 spiro atoms. The van der Waals surface area contributed by atoms with Crippen LogP contribution in [0.5, 0.6) is 0 Å². The number of aldehydes is 1. The summed E-state index contributed by atoms with van der Waals surface area (Å²) < 4.78 is 19.6. The van der Waals surface area contributed by atoms with E-state index in [0.717, 1.165) is 6.20 Å². The smallest absolute Gasteiger partial charge is 0.351 e. The standard InChI is InChI=1S/C10H12FN3O6/c11-6-7(17)5(3-16)20-9(6)14-1-4(2-15)8(13-19)12-10(14)18/h1-2,5-7,9,16-17,19H,3H2,(H,12,13,18). The lowest BCUT2D eigenvalue weighted by Gasteiger charge is -2.16. The first-order valence-corrected chi connectivity index (χ1v) is 5.60. The highest BCUT2D eigenvalue weighted by Crippen LogP contribution is 2.30. The molecule has 4 unspecified atom stereocenters. The van der Waals surface area contributed by atoms with Gasteiger partial charge in [0.2, 0.25) is 0 Å². The van der Waals surface area contributed by atoms with Crippen LogP contribution in [0.25, 0.3) is 0 Å². The van der Waals surface area contributed by atoms with Crippen molar-refractivity contribution in [2.45, 2.75) is 24.6 Å². The normalized spacial score (nSPS) is 29.4. The molecule has 1 aliphatic heterocycles. The molecule has 2 rings (SSSR count). The number of aliphatic hydroxyl groups excluding tert-OH is 2. The maximum absolute atomic E-state index is 13.9. The Kier molecular flexibility index (Phi) is 4.09. The van der Waals surface area contributed by atoms with Crippen molar-refractivity contribution >= 4 is 12.1 Å². The topological polar surface area (TPSA) is 134 Å². The summed E-state index contributed by atoms with van der Waals surface area (Å²) in [6, 6.07) is 0. The fourth-order valence-corrected chi connectivity index (χ4v) is 1.92. The molecule has 0 saturated carbocycles. The van der Waals surface area contributed by atoms with Crippen LogP contribution in [0.3, 0.4) is 0 Å². The third-order valence-electron chi connectivity index (χ3n) is 2.96. The molecule has 1 aromatic heterocycles. The van der Waals surface area contributed by atoms with Gasteiger partial charge in [0.1, 0.15) is 12.2 Å². The molecule has 9 nitrogen and oxygen atoms in total. The predicted octanol–water partition coefficient (Wildman–Crippen LogP) is -1.55. The molecule has 2 heterocycles. The number of carbonyl (C=O) groups is 1. The summed E-state index contributed by atoms with van der Waals surface area (Å²) in [5.41, 5.74) is 0.367. The van der Waals surface area contributed by atoms with Crippen LogP contribution in [-0.2, 0) is 4.74 Å². The minimum Gasteiger partial charge on any atom is -0.394 e. The number of ether oxygens (including phenoxy) is 1. The van der Waals surface area contributed by atoms with Crippen molar-refractivity contribution in [3.05, 3.63) is 22.2 Å². The van der Waals surface area contributed by atoms with E-state index in [1.807, 2.05) is 0 Å². The van der Waals surface area contributed by atoms with Crippen LogP contribution in [-0.4, -0.2) is 56.2 Å². The van der Waals surface area contributed by atoms with Crippen LogP contribution < -0.4 is 11.2 Å². The minimum atomic E-state index is -1.97. The second-order valence-electron chi connectivity index (χ2n) is 4.15. The molecule has 4 N–H and O–H groups in total. The number of anilines is 1. The Hall–Kier alpha value is -1.88. The van der Waals surface area contributed by atoms with Crippen LogP contribution in [0.15, 0.2) is 11.0 Å². The Morgan fingerprint density at radius 3 is 2.80 bits per heavy atom. The highest BCUT2D eigenvalue weighted by molar-refractivity contribution is 5.81. The number of nitrogens with one attached hydrogen (secondary N) is 1. The van der Waals surface area contributed by atoms with E-state index >= 15 is 0 Å². The third-order valence-corrected chi connectivity index (χ3v) is 2.96. The van der Waals surface area contributed by atoms with Gasteiger partial charge in [0.05, 0.1) is 12.2 Å². The van der Waals surface area contributed by atoms with Crippen molar-refractivity contribution in [3.8, 4) is 0 Å². The first-order chi connectivity index (χ1) is 9.53. The summed E-state index contributed by atoms with van der Waals surface area (Å²) in [5, 5.41) is 27.1. The number of hydrogen-bond donors (Lipinski definition) is 4. The van der Waals surface area contributed by atoms with E-state index in [1.54, 1.807) is 5.48 Å². The average Bonchev–Trinajstić information content (AvgIpc) is 2.74. The summed E-state index contributed by atoms with van der Waals surface area (Å²) in [6.07, 6.45) is -5.05. The SMILES string of the molecule is O=Cc1cn(C2OC(CO)C(O)C2F)c(=O)nc1NO. The van der Waals surface area contributed by atoms with Gasteiger partial charge in [-0.05, 0) is 0 Å². The third kappa shape index (κ3) is 2.29. The van der Waals surface area contributed by atoms with Gasteiger partial charge in [-0.1, -0.05) is 0 Å². The van der Waals surface area contributed by atoms with E-state index in [1.165, 1.54) is 0 Å². The number of aromatic nitrogens is 2. The Balaban J connectivity index is 2.43. The number of carbonyl (C=O) groups excluding carboxylic acids is 1. The number of nitrogens with zero attached hydrogens (tertiary/aromatic N) is 2. The summed E-state index contributed by atoms with van der Waals surface area (Å²) in [6.45, 7) is -0.628. The molecule has 1 fully saturated rings. The highest BCUT2D eigenvalue weighted by Gasteiger charge is 2.45. The Morgan fingerprint density at radius 1 is 1.60 bits per heavy atom. The lowest BCUT2D eigenvalue weighted by molar-refractivity contribution is -0.0491. The molecule has 1 saturated heterocycles. The second-order valence-corrected chi connectivity index (χ2v) is 4.15. The second kappa shape index (κ2) is 5.63. The van der Waals surface area contributed by atoms with Gasteiger partial charge in [-0.2, -0.15) is 4.98 Å². The molecule has 0 aliphatic carbocycles. The molecule has 10 heteroatoms. The Morgan fingerprint density at radius 2 is 2.30 bits per heavy atom. The van der Waals surface area contributed by atoms with Crippen molar-refractivity contribution in [3.63, 3.8) is 0 Å². The fraction of sp³-hybridized carbons (Fsp3) is 0.500. The zero-order chi connectivity index (χ0) is 14.9. The lowest BCUT2D eigenvalue weighted by Crippen LogP contribution is -2.34. The quantitative estimate of drug-likeness (QED) is 0.386. The van der Waals surface area contributed by atoms with Crippen molar-refractivity contribution in [2.24, 2.45) is 0 Å². The molecule has 0 radical (unpaired) electrons. The van der Waals surface area contributed by atoms with Gasteiger partial charge in [-0.25, -0.2) is 9.18 Å². The molecular weight excluding hydrogens is 277 g/mol. The van der Waals surface area contributed by atoms with Gasteiger partial charge in [-0.15, -0.1) is 0 Å². The van der Waals surface area contributed by atoms with E-state index < -0.39 is 36.9 Å². The van der Waals surface area contributed by atoms with Crippen molar-refractivity contribution in [1.82, 2.24) is 9.55 Å². The van der Waals surface area contributed by atoms with Crippen LogP contribution in [0.1, 0.15) is 16.6 Å². The van der Waals surface area contributed by atoms with E-state index in [0.29, 0.717) is 10.9 Å². The van der Waals surface area contributed by atoms with Crippen LogP contribution in [0.4, 0.5) is 10.2 Å². The van der Waals surface area contributed by atoms with Crippen molar-refractivity contribution in [1.29, 1.82) is 0 Å². The van der Waals surface area contributed by atoms with Crippen LogP contribution >= 0.6 is 0 Å². The molecule has 110 valence electrons. The summed E-state index contributed by atoms with van der Waals surface area (Å²) in [5.74, 6) is -0.381. The zero-order valence-electron chi connectivity index (χ0n) is 10.0. The van der Waals surface area contributed by atoms with Gasteiger partial charge >= 0.3 is 5.69 Å². The van der Waals surface area contributed by atoms with Crippen LogP contribution in [0.2, 0.25) is 0 Å². The number of halogens is 1. The van der Waals surface area contributed by atoms with Crippen LogP contribution in [0, 0.1) is 0 Å². The maximum atomic E-state index is 13.9. The first-order valence-electron chi connectivity index (χ1n) is 5.60. The van der Waals surface area contributed by atoms with Crippen molar-refractivity contribution < 1.29 is 29.3 Å². The molecule has 0 aromatic carbocycles. The fourth-order valence-electron chi connectivity index (χ4n) is 1.92. The summed E-state index contributed by atoms with van der Waals surface area (Å²) in [4.78, 5) is 25.8. The van der Waals surface area contributed by atoms with E-state index in [-0.39, 0.29) is 11.4 Å². The van der Waals surface area contributed by atoms with Gasteiger partial charge < -0.3 is 14.9 Å². The van der Waals surface area contributed by atoms with E-state index in [2.05, 4.69) is 4.98 Å². The predicted molar refractivity (Wildman–Crippen MR) is 61.2 cm³/mol. The highest BCUT2D eigenvalue weighted by atomic mass is 19.1. The number of aliphatic hydroxyl groups is 2. The molecule has 1 aliphatic rings. The molecule has 0 bridgehead atoms. The molecule has 4 atom stereocenters. The Bertz CT molecular complexity index is 564. The monoisotopic (exact) mass is 289 g/mol. The summed E-state index contributed by atoms with van der Waals surface area (Å²) in [7, 11) is 0.